The van der Waals surface area contributed by atoms with E-state index in [4.69, 9.17) is 4.74 Å². The van der Waals surface area contributed by atoms with Gasteiger partial charge in [-0.25, -0.2) is 0 Å². The summed E-state index contributed by atoms with van der Waals surface area (Å²) >= 11 is 0. The van der Waals surface area contributed by atoms with Crippen molar-refractivity contribution in [3.8, 4) is 0 Å². The van der Waals surface area contributed by atoms with Crippen LogP contribution in [-0.4, -0.2) is 56.4 Å². The fourth-order valence-corrected chi connectivity index (χ4v) is 2.03. The normalized spacial score (nSPS) is 15.8. The molecule has 1 aromatic heterocycles. The van der Waals surface area contributed by atoms with Gasteiger partial charge in [-0.2, -0.15) is 15.0 Å². The molecule has 0 atom stereocenters. The Labute approximate surface area is 120 Å². The zero-order valence-electron chi connectivity index (χ0n) is 12.7. The lowest BCUT2D eigenvalue weighted by atomic mass is 10.0. The van der Waals surface area contributed by atoms with Crippen LogP contribution in [0.5, 0.6) is 0 Å². The van der Waals surface area contributed by atoms with Gasteiger partial charge in [-0.1, -0.05) is 0 Å². The summed E-state index contributed by atoms with van der Waals surface area (Å²) in [6.45, 7) is 1.69. The Kier molecular flexibility index (Phi) is 4.59. The quantitative estimate of drug-likeness (QED) is 0.741. The van der Waals surface area contributed by atoms with Crippen molar-refractivity contribution in [1.82, 2.24) is 15.0 Å². The average Bonchev–Trinajstić information content (AvgIpc) is 3.23. The summed E-state index contributed by atoms with van der Waals surface area (Å²) in [7, 11) is 7.39. The predicted molar refractivity (Wildman–Crippen MR) is 80.4 cm³/mol. The molecule has 0 amide bonds. The zero-order valence-corrected chi connectivity index (χ0v) is 12.7. The number of hydrogen-bond donors (Lipinski definition) is 2. The fraction of sp³-hybridized carbons (Fsp3) is 0.769. The molecule has 1 saturated carbocycles. The number of nitrogens with zero attached hydrogens (tertiary/aromatic N) is 4. The molecule has 20 heavy (non-hydrogen) atoms. The maximum Gasteiger partial charge on any atom is 0.231 e. The van der Waals surface area contributed by atoms with Gasteiger partial charge in [0.2, 0.25) is 17.8 Å². The molecule has 7 heteroatoms. The van der Waals surface area contributed by atoms with Crippen LogP contribution in [-0.2, 0) is 4.74 Å². The van der Waals surface area contributed by atoms with Gasteiger partial charge in [0.1, 0.15) is 0 Å². The molecule has 7 nitrogen and oxygen atoms in total. The number of rotatable bonds is 8. The average molecular weight is 280 g/mol. The molecule has 0 radical (unpaired) electrons. The van der Waals surface area contributed by atoms with Crippen molar-refractivity contribution in [1.29, 1.82) is 0 Å². The topological polar surface area (TPSA) is 75.2 Å². The third kappa shape index (κ3) is 3.69. The lowest BCUT2D eigenvalue weighted by Gasteiger charge is -2.17. The van der Waals surface area contributed by atoms with E-state index in [0.717, 1.165) is 19.6 Å². The van der Waals surface area contributed by atoms with Crippen LogP contribution in [0, 0.1) is 5.41 Å². The number of anilines is 3. The maximum atomic E-state index is 5.17. The van der Waals surface area contributed by atoms with Crippen molar-refractivity contribution in [3.05, 3.63) is 0 Å². The SMILES string of the molecule is CNc1nc(NCC2(CCOC)CC2)nc(N(C)C)n1. The molecule has 2 rings (SSSR count). The van der Waals surface area contributed by atoms with Crippen LogP contribution in [0.4, 0.5) is 17.8 Å². The molecule has 1 aromatic rings. The van der Waals surface area contributed by atoms with Gasteiger partial charge in [0.05, 0.1) is 0 Å². The molecule has 112 valence electrons. The molecule has 0 unspecified atom stereocenters. The van der Waals surface area contributed by atoms with Crippen LogP contribution in [0.2, 0.25) is 0 Å². The Morgan fingerprint density at radius 3 is 2.45 bits per heavy atom. The largest absolute Gasteiger partial charge is 0.385 e. The number of hydrogen-bond acceptors (Lipinski definition) is 7. The molecule has 0 aromatic carbocycles. The summed E-state index contributed by atoms with van der Waals surface area (Å²) < 4.78 is 5.17. The Balaban J connectivity index is 2.00. The van der Waals surface area contributed by atoms with Crippen molar-refractivity contribution in [2.75, 3.05) is 56.9 Å². The number of methoxy groups -OCH3 is 1. The van der Waals surface area contributed by atoms with Gasteiger partial charge in [0, 0.05) is 41.4 Å². The first-order valence-corrected chi connectivity index (χ1v) is 6.92. The monoisotopic (exact) mass is 280 g/mol. The molecule has 0 aliphatic heterocycles. The van der Waals surface area contributed by atoms with Gasteiger partial charge in [-0.15, -0.1) is 0 Å². The summed E-state index contributed by atoms with van der Waals surface area (Å²) in [6, 6.07) is 0. The van der Waals surface area contributed by atoms with E-state index >= 15 is 0 Å². The van der Waals surface area contributed by atoms with E-state index in [0.29, 0.717) is 23.3 Å². The second kappa shape index (κ2) is 6.21. The van der Waals surface area contributed by atoms with Gasteiger partial charge < -0.3 is 20.3 Å². The van der Waals surface area contributed by atoms with E-state index < -0.39 is 0 Å². The highest BCUT2D eigenvalue weighted by atomic mass is 16.5. The summed E-state index contributed by atoms with van der Waals surface area (Å²) in [5.74, 6) is 1.85. The van der Waals surface area contributed by atoms with E-state index in [1.54, 1.807) is 14.2 Å². The Bertz CT molecular complexity index is 446. The summed E-state index contributed by atoms with van der Waals surface area (Å²) in [5.41, 5.74) is 0.362. The van der Waals surface area contributed by atoms with E-state index in [1.165, 1.54) is 12.8 Å². The molecular formula is C13H24N6O. The lowest BCUT2D eigenvalue weighted by Crippen LogP contribution is -2.21. The van der Waals surface area contributed by atoms with Crippen molar-refractivity contribution in [2.24, 2.45) is 5.41 Å². The maximum absolute atomic E-state index is 5.17. The van der Waals surface area contributed by atoms with Gasteiger partial charge in [0.25, 0.3) is 0 Å². The minimum absolute atomic E-state index is 0.362. The highest BCUT2D eigenvalue weighted by Gasteiger charge is 2.41. The summed E-state index contributed by atoms with van der Waals surface area (Å²) in [5, 5.41) is 6.30. The number of aromatic nitrogens is 3. The minimum atomic E-state index is 0.362. The van der Waals surface area contributed by atoms with Gasteiger partial charge in [-0.05, 0) is 24.7 Å². The molecule has 1 aliphatic carbocycles. The van der Waals surface area contributed by atoms with Crippen LogP contribution in [0.3, 0.4) is 0 Å². The highest BCUT2D eigenvalue weighted by Crippen LogP contribution is 2.48. The lowest BCUT2D eigenvalue weighted by molar-refractivity contribution is 0.175. The Morgan fingerprint density at radius 1 is 1.20 bits per heavy atom. The van der Waals surface area contributed by atoms with Gasteiger partial charge in [-0.3, -0.25) is 0 Å². The number of nitrogens with one attached hydrogen (secondary N) is 2. The molecule has 1 aliphatic rings. The molecule has 2 N–H and O–H groups in total. The molecule has 0 spiro atoms. The second-order valence-electron chi connectivity index (χ2n) is 5.52. The van der Waals surface area contributed by atoms with Crippen molar-refractivity contribution >= 4 is 17.8 Å². The zero-order chi connectivity index (χ0) is 14.6. The first kappa shape index (κ1) is 14.8. The summed E-state index contributed by atoms with van der Waals surface area (Å²) in [6.07, 6.45) is 3.57. The van der Waals surface area contributed by atoms with E-state index in [1.807, 2.05) is 19.0 Å². The highest BCUT2D eigenvalue weighted by molar-refractivity contribution is 5.42. The first-order chi connectivity index (χ1) is 9.58. The Hall–Kier alpha value is -1.63. The van der Waals surface area contributed by atoms with Crippen LogP contribution >= 0.6 is 0 Å². The Morgan fingerprint density at radius 2 is 1.90 bits per heavy atom. The van der Waals surface area contributed by atoms with E-state index in [-0.39, 0.29) is 0 Å². The fourth-order valence-electron chi connectivity index (χ4n) is 2.03. The summed E-state index contributed by atoms with van der Waals surface area (Å²) in [4.78, 5) is 14.9. The van der Waals surface area contributed by atoms with Crippen LogP contribution in [0.15, 0.2) is 0 Å². The third-order valence-electron chi connectivity index (χ3n) is 3.66. The van der Waals surface area contributed by atoms with Crippen molar-refractivity contribution in [2.45, 2.75) is 19.3 Å². The van der Waals surface area contributed by atoms with Crippen molar-refractivity contribution in [3.63, 3.8) is 0 Å². The first-order valence-electron chi connectivity index (χ1n) is 6.92. The van der Waals surface area contributed by atoms with Crippen LogP contribution < -0.4 is 15.5 Å². The molecular weight excluding hydrogens is 256 g/mol. The van der Waals surface area contributed by atoms with E-state index in [2.05, 4.69) is 25.6 Å². The van der Waals surface area contributed by atoms with Gasteiger partial charge in [0.15, 0.2) is 0 Å². The van der Waals surface area contributed by atoms with Crippen molar-refractivity contribution < 1.29 is 4.74 Å². The molecule has 1 heterocycles. The molecule has 0 saturated heterocycles. The second-order valence-corrected chi connectivity index (χ2v) is 5.52. The number of ether oxygens (including phenoxy) is 1. The van der Waals surface area contributed by atoms with E-state index in [9.17, 15) is 0 Å². The molecule has 1 fully saturated rings. The van der Waals surface area contributed by atoms with Gasteiger partial charge >= 0.3 is 0 Å². The van der Waals surface area contributed by atoms with Crippen LogP contribution in [0.1, 0.15) is 19.3 Å². The minimum Gasteiger partial charge on any atom is -0.385 e. The smallest absolute Gasteiger partial charge is 0.231 e. The predicted octanol–water partition coefficient (Wildman–Crippen LogP) is 1.21. The van der Waals surface area contributed by atoms with Crippen LogP contribution in [0.25, 0.3) is 0 Å². The standard InChI is InChI=1S/C13H24N6O/c1-14-10-16-11(18-12(17-10)19(2)3)15-9-13(5-6-13)7-8-20-4/h5-9H2,1-4H3,(H2,14,15,16,17,18). The third-order valence-corrected chi connectivity index (χ3v) is 3.66. The molecule has 0 bridgehead atoms.